The summed E-state index contributed by atoms with van der Waals surface area (Å²) in [4.78, 5) is 13.5. The van der Waals surface area contributed by atoms with Gasteiger partial charge in [-0.25, -0.2) is 5.84 Å². The number of nitrogens with two attached hydrogens (primary N) is 1. The molecule has 5 heteroatoms. The molecule has 0 atom stereocenters. The largest absolute Gasteiger partial charge is 0.369 e. The van der Waals surface area contributed by atoms with E-state index in [0.717, 1.165) is 31.9 Å². The van der Waals surface area contributed by atoms with Gasteiger partial charge in [0.2, 0.25) is 0 Å². The van der Waals surface area contributed by atoms with Gasteiger partial charge in [-0.1, -0.05) is 0 Å². The van der Waals surface area contributed by atoms with Gasteiger partial charge in [-0.05, 0) is 24.3 Å². The van der Waals surface area contributed by atoms with E-state index in [0.29, 0.717) is 5.56 Å². The summed E-state index contributed by atoms with van der Waals surface area (Å²) < 4.78 is 0. The van der Waals surface area contributed by atoms with Crippen LogP contribution in [0.4, 0.5) is 5.69 Å². The second-order valence-corrected chi connectivity index (χ2v) is 3.76. The smallest absolute Gasteiger partial charge is 0.265 e. The topological polar surface area (TPSA) is 70.4 Å². The van der Waals surface area contributed by atoms with Gasteiger partial charge in [-0.3, -0.25) is 10.2 Å². The van der Waals surface area contributed by atoms with E-state index in [-0.39, 0.29) is 5.91 Å². The summed E-state index contributed by atoms with van der Waals surface area (Å²) in [7, 11) is 0. The first-order valence-corrected chi connectivity index (χ1v) is 5.38. The molecule has 5 nitrogen and oxygen atoms in total. The minimum absolute atomic E-state index is 0.258. The fourth-order valence-corrected chi connectivity index (χ4v) is 1.83. The number of nitrogens with one attached hydrogen (secondary N) is 2. The molecule has 0 saturated carbocycles. The highest BCUT2D eigenvalue weighted by Gasteiger charge is 2.10. The Morgan fingerprint density at radius 3 is 2.44 bits per heavy atom. The third-order valence-corrected chi connectivity index (χ3v) is 2.74. The Morgan fingerprint density at radius 1 is 1.25 bits per heavy atom. The van der Waals surface area contributed by atoms with Crippen molar-refractivity contribution in [2.24, 2.45) is 5.84 Å². The summed E-state index contributed by atoms with van der Waals surface area (Å²) >= 11 is 0. The van der Waals surface area contributed by atoms with E-state index in [2.05, 4.69) is 15.6 Å². The summed E-state index contributed by atoms with van der Waals surface area (Å²) in [5, 5.41) is 3.30. The maximum absolute atomic E-state index is 11.2. The number of hydrogen-bond acceptors (Lipinski definition) is 4. The lowest BCUT2D eigenvalue weighted by Gasteiger charge is -2.29. The quantitative estimate of drug-likeness (QED) is 0.363. The number of carbonyl (C=O) groups excluding carboxylic acids is 1. The first-order valence-electron chi connectivity index (χ1n) is 5.38. The molecule has 0 spiro atoms. The molecule has 16 heavy (non-hydrogen) atoms. The summed E-state index contributed by atoms with van der Waals surface area (Å²) in [5.41, 5.74) is 3.85. The number of hydrazine groups is 1. The predicted octanol–water partition coefficient (Wildman–Crippen LogP) is -0.300. The van der Waals surface area contributed by atoms with Crippen molar-refractivity contribution in [1.29, 1.82) is 0 Å². The average molecular weight is 220 g/mol. The van der Waals surface area contributed by atoms with Crippen LogP contribution in [-0.2, 0) is 0 Å². The van der Waals surface area contributed by atoms with Gasteiger partial charge >= 0.3 is 0 Å². The van der Waals surface area contributed by atoms with Crippen LogP contribution in [0.3, 0.4) is 0 Å². The Balaban J connectivity index is 2.09. The highest BCUT2D eigenvalue weighted by molar-refractivity contribution is 5.94. The zero-order valence-electron chi connectivity index (χ0n) is 9.07. The lowest BCUT2D eigenvalue weighted by atomic mass is 10.2. The molecule has 1 aromatic rings. The standard InChI is InChI=1S/C11H16N4O/c12-14-11(16)9-1-3-10(4-2-9)15-7-5-13-6-8-15/h1-4,13H,5-8,12H2,(H,14,16). The van der Waals surface area contributed by atoms with E-state index in [1.165, 1.54) is 0 Å². The van der Waals surface area contributed by atoms with E-state index >= 15 is 0 Å². The van der Waals surface area contributed by atoms with Gasteiger partial charge in [0.1, 0.15) is 0 Å². The average Bonchev–Trinajstić information content (AvgIpc) is 2.39. The molecule has 0 unspecified atom stereocenters. The Hall–Kier alpha value is -1.59. The number of hydrogen-bond donors (Lipinski definition) is 3. The second kappa shape index (κ2) is 4.96. The van der Waals surface area contributed by atoms with Crippen LogP contribution in [0.25, 0.3) is 0 Å². The lowest BCUT2D eigenvalue weighted by molar-refractivity contribution is 0.0953. The number of benzene rings is 1. The van der Waals surface area contributed by atoms with Crippen molar-refractivity contribution >= 4 is 11.6 Å². The lowest BCUT2D eigenvalue weighted by Crippen LogP contribution is -2.43. The SMILES string of the molecule is NNC(=O)c1ccc(N2CCNCC2)cc1. The summed E-state index contributed by atoms with van der Waals surface area (Å²) in [6.45, 7) is 4.01. The zero-order valence-corrected chi connectivity index (χ0v) is 9.07. The molecular weight excluding hydrogens is 204 g/mol. The Labute approximate surface area is 94.6 Å². The number of nitrogen functional groups attached to an aromatic ring is 1. The van der Waals surface area contributed by atoms with Crippen molar-refractivity contribution in [3.05, 3.63) is 29.8 Å². The third-order valence-electron chi connectivity index (χ3n) is 2.74. The van der Waals surface area contributed by atoms with E-state index < -0.39 is 0 Å². The number of anilines is 1. The molecule has 0 bridgehead atoms. The van der Waals surface area contributed by atoms with Crippen LogP contribution in [0.1, 0.15) is 10.4 Å². The number of nitrogens with zero attached hydrogens (tertiary/aromatic N) is 1. The molecular formula is C11H16N4O. The fraction of sp³-hybridized carbons (Fsp3) is 0.364. The Bertz CT molecular complexity index is 357. The summed E-state index contributed by atoms with van der Waals surface area (Å²) in [5.74, 6) is 4.81. The maximum Gasteiger partial charge on any atom is 0.265 e. The number of piperazine rings is 1. The van der Waals surface area contributed by atoms with Gasteiger partial charge in [-0.15, -0.1) is 0 Å². The van der Waals surface area contributed by atoms with Crippen molar-refractivity contribution in [2.75, 3.05) is 31.1 Å². The van der Waals surface area contributed by atoms with Crippen molar-refractivity contribution < 1.29 is 4.79 Å². The third kappa shape index (κ3) is 2.32. The van der Waals surface area contributed by atoms with Crippen LogP contribution in [0.15, 0.2) is 24.3 Å². The van der Waals surface area contributed by atoms with Crippen molar-refractivity contribution in [3.63, 3.8) is 0 Å². The predicted molar refractivity (Wildman–Crippen MR) is 63.2 cm³/mol. The molecule has 1 fully saturated rings. The van der Waals surface area contributed by atoms with E-state index in [9.17, 15) is 4.79 Å². The number of rotatable bonds is 2. The van der Waals surface area contributed by atoms with Crippen LogP contribution in [-0.4, -0.2) is 32.1 Å². The molecule has 86 valence electrons. The van der Waals surface area contributed by atoms with Crippen molar-refractivity contribution in [1.82, 2.24) is 10.7 Å². The van der Waals surface area contributed by atoms with Crippen LogP contribution in [0.2, 0.25) is 0 Å². The molecule has 1 amide bonds. The van der Waals surface area contributed by atoms with Crippen molar-refractivity contribution in [2.45, 2.75) is 0 Å². The van der Waals surface area contributed by atoms with Crippen LogP contribution in [0, 0.1) is 0 Å². The van der Waals surface area contributed by atoms with Crippen LogP contribution in [0.5, 0.6) is 0 Å². The second-order valence-electron chi connectivity index (χ2n) is 3.76. The molecule has 1 aromatic carbocycles. The minimum atomic E-state index is -0.258. The monoisotopic (exact) mass is 220 g/mol. The minimum Gasteiger partial charge on any atom is -0.369 e. The zero-order chi connectivity index (χ0) is 11.4. The molecule has 1 aliphatic rings. The summed E-state index contributed by atoms with van der Waals surface area (Å²) in [6.07, 6.45) is 0. The van der Waals surface area contributed by atoms with Gasteiger partial charge in [0.25, 0.3) is 5.91 Å². The summed E-state index contributed by atoms with van der Waals surface area (Å²) in [6, 6.07) is 7.49. The van der Waals surface area contributed by atoms with E-state index in [1.54, 1.807) is 12.1 Å². The molecule has 0 aromatic heterocycles. The molecule has 1 saturated heterocycles. The van der Waals surface area contributed by atoms with E-state index in [1.807, 2.05) is 12.1 Å². The number of amides is 1. The normalized spacial score (nSPS) is 15.9. The van der Waals surface area contributed by atoms with E-state index in [4.69, 9.17) is 5.84 Å². The van der Waals surface area contributed by atoms with Gasteiger partial charge in [-0.2, -0.15) is 0 Å². The number of carbonyl (C=O) groups is 1. The molecule has 2 rings (SSSR count). The van der Waals surface area contributed by atoms with Gasteiger partial charge in [0, 0.05) is 37.4 Å². The highest BCUT2D eigenvalue weighted by atomic mass is 16.2. The van der Waals surface area contributed by atoms with Gasteiger partial charge < -0.3 is 10.2 Å². The van der Waals surface area contributed by atoms with Crippen LogP contribution >= 0.6 is 0 Å². The fourth-order valence-electron chi connectivity index (χ4n) is 1.83. The molecule has 4 N–H and O–H groups in total. The first kappa shape index (κ1) is 10.9. The highest BCUT2D eigenvalue weighted by Crippen LogP contribution is 2.15. The Morgan fingerprint density at radius 2 is 1.88 bits per heavy atom. The maximum atomic E-state index is 11.2. The molecule has 0 aliphatic carbocycles. The molecule has 1 aliphatic heterocycles. The van der Waals surface area contributed by atoms with Crippen LogP contribution < -0.4 is 21.5 Å². The first-order chi connectivity index (χ1) is 7.81. The van der Waals surface area contributed by atoms with Gasteiger partial charge in [0.05, 0.1) is 0 Å². The molecule has 1 heterocycles. The van der Waals surface area contributed by atoms with Crippen molar-refractivity contribution in [3.8, 4) is 0 Å². The van der Waals surface area contributed by atoms with Gasteiger partial charge in [0.15, 0.2) is 0 Å². The Kier molecular flexibility index (Phi) is 3.38. The molecule has 0 radical (unpaired) electrons.